The smallest absolute Gasteiger partial charge is 0.338 e. The first kappa shape index (κ1) is 12.0. The highest BCUT2D eigenvalue weighted by Crippen LogP contribution is 2.30. The van der Waals surface area contributed by atoms with Gasteiger partial charge in [0.2, 0.25) is 0 Å². The van der Waals surface area contributed by atoms with E-state index in [1.807, 2.05) is 25.1 Å². The Morgan fingerprint density at radius 3 is 2.89 bits per heavy atom. The molecule has 0 radical (unpaired) electrons. The number of carbonyl (C=O) groups is 1. The molecule has 0 saturated heterocycles. The van der Waals surface area contributed by atoms with E-state index < -0.39 is 0 Å². The Morgan fingerprint density at radius 2 is 2.11 bits per heavy atom. The van der Waals surface area contributed by atoms with Gasteiger partial charge in [-0.3, -0.25) is 0 Å². The van der Waals surface area contributed by atoms with E-state index in [-0.39, 0.29) is 5.97 Å². The van der Waals surface area contributed by atoms with E-state index >= 15 is 0 Å². The van der Waals surface area contributed by atoms with Crippen LogP contribution in [0.4, 0.5) is 0 Å². The summed E-state index contributed by atoms with van der Waals surface area (Å²) in [5.74, 6) is 0.644. The molecule has 0 fully saturated rings. The van der Waals surface area contributed by atoms with E-state index in [0.29, 0.717) is 6.61 Å². The molecule has 0 bridgehead atoms. The summed E-state index contributed by atoms with van der Waals surface area (Å²) in [6.07, 6.45) is 1.77. The molecular weight excluding hydrogens is 240 g/mol. The van der Waals surface area contributed by atoms with Crippen molar-refractivity contribution in [1.82, 2.24) is 0 Å². The Kier molecular flexibility index (Phi) is 2.90. The molecule has 0 amide bonds. The third-order valence-corrected chi connectivity index (χ3v) is 3.72. The van der Waals surface area contributed by atoms with Gasteiger partial charge in [0.15, 0.2) is 0 Å². The number of cyclic esters (lactones) is 1. The number of aryl methyl sites for hydroxylation is 2. The lowest BCUT2D eigenvalue weighted by atomic mass is 9.93. The van der Waals surface area contributed by atoms with Crippen LogP contribution < -0.4 is 4.74 Å². The highest BCUT2D eigenvalue weighted by Gasteiger charge is 2.21. The van der Waals surface area contributed by atoms with Crippen LogP contribution in [0.25, 0.3) is 10.8 Å². The van der Waals surface area contributed by atoms with Crippen molar-refractivity contribution in [2.24, 2.45) is 0 Å². The molecule has 0 spiro atoms. The standard InChI is InChI=1S/C16H16O3/c1-10-14-6-5-13(18-2)9-12(14)8-11-4-3-7-19-16(17)15(10)11/h5-6,8-9H,3-4,7H2,1-2H3. The zero-order valence-corrected chi connectivity index (χ0v) is 11.2. The number of hydrogen-bond acceptors (Lipinski definition) is 3. The van der Waals surface area contributed by atoms with Crippen LogP contribution in [-0.2, 0) is 11.2 Å². The van der Waals surface area contributed by atoms with E-state index in [1.54, 1.807) is 7.11 Å². The number of methoxy groups -OCH3 is 1. The molecule has 2 aromatic carbocycles. The zero-order valence-electron chi connectivity index (χ0n) is 11.2. The molecule has 2 aromatic rings. The predicted octanol–water partition coefficient (Wildman–Crippen LogP) is 3.26. The third kappa shape index (κ3) is 1.95. The normalized spacial score (nSPS) is 14.7. The molecule has 0 aromatic heterocycles. The molecule has 3 heteroatoms. The maximum absolute atomic E-state index is 12.0. The molecule has 0 aliphatic carbocycles. The molecule has 3 rings (SSSR count). The predicted molar refractivity (Wildman–Crippen MR) is 73.8 cm³/mol. The van der Waals surface area contributed by atoms with Crippen LogP contribution in [-0.4, -0.2) is 19.7 Å². The number of fused-ring (bicyclic) bond motifs is 2. The Labute approximate surface area is 112 Å². The Bertz CT molecular complexity index is 659. The number of benzene rings is 2. The lowest BCUT2D eigenvalue weighted by Gasteiger charge is -2.12. The fourth-order valence-electron chi connectivity index (χ4n) is 2.75. The number of rotatable bonds is 1. The first-order valence-electron chi connectivity index (χ1n) is 6.48. The summed E-state index contributed by atoms with van der Waals surface area (Å²) in [5.41, 5.74) is 2.83. The van der Waals surface area contributed by atoms with Gasteiger partial charge in [-0.1, -0.05) is 12.1 Å². The molecule has 3 nitrogen and oxygen atoms in total. The van der Waals surface area contributed by atoms with Crippen LogP contribution in [0, 0.1) is 6.92 Å². The molecule has 1 aliphatic rings. The van der Waals surface area contributed by atoms with E-state index in [0.717, 1.165) is 46.1 Å². The van der Waals surface area contributed by atoms with Crippen molar-refractivity contribution in [2.45, 2.75) is 19.8 Å². The fourth-order valence-corrected chi connectivity index (χ4v) is 2.75. The molecule has 1 heterocycles. The number of carbonyl (C=O) groups excluding carboxylic acids is 1. The van der Waals surface area contributed by atoms with Crippen LogP contribution in [0.1, 0.15) is 27.9 Å². The number of esters is 1. The molecule has 0 saturated carbocycles. The largest absolute Gasteiger partial charge is 0.497 e. The summed E-state index contributed by atoms with van der Waals surface area (Å²) >= 11 is 0. The average Bonchev–Trinajstić information content (AvgIpc) is 2.60. The van der Waals surface area contributed by atoms with Gasteiger partial charge in [-0.25, -0.2) is 4.79 Å². The minimum absolute atomic E-state index is 0.192. The van der Waals surface area contributed by atoms with Crippen LogP contribution >= 0.6 is 0 Å². The molecule has 1 aliphatic heterocycles. The van der Waals surface area contributed by atoms with Gasteiger partial charge < -0.3 is 9.47 Å². The number of ether oxygens (including phenoxy) is 2. The maximum atomic E-state index is 12.0. The molecule has 98 valence electrons. The zero-order chi connectivity index (χ0) is 13.4. The van der Waals surface area contributed by atoms with Crippen LogP contribution in [0.2, 0.25) is 0 Å². The summed E-state index contributed by atoms with van der Waals surface area (Å²) in [4.78, 5) is 12.0. The van der Waals surface area contributed by atoms with Crippen LogP contribution in [0.15, 0.2) is 24.3 Å². The Morgan fingerprint density at radius 1 is 1.26 bits per heavy atom. The topological polar surface area (TPSA) is 35.5 Å². The highest BCUT2D eigenvalue weighted by molar-refractivity contribution is 6.00. The lowest BCUT2D eigenvalue weighted by molar-refractivity contribution is 0.0513. The molecule has 19 heavy (non-hydrogen) atoms. The first-order chi connectivity index (χ1) is 9.20. The van der Waals surface area contributed by atoms with Gasteiger partial charge in [-0.05, 0) is 53.8 Å². The van der Waals surface area contributed by atoms with Gasteiger partial charge in [0.25, 0.3) is 0 Å². The average molecular weight is 256 g/mol. The second kappa shape index (κ2) is 4.57. The molecule has 0 unspecified atom stereocenters. The summed E-state index contributed by atoms with van der Waals surface area (Å²) in [5, 5.41) is 2.20. The maximum Gasteiger partial charge on any atom is 0.338 e. The van der Waals surface area contributed by atoms with Gasteiger partial charge >= 0.3 is 5.97 Å². The fraction of sp³-hybridized carbons (Fsp3) is 0.312. The molecular formula is C16H16O3. The number of hydrogen-bond donors (Lipinski definition) is 0. The summed E-state index contributed by atoms with van der Waals surface area (Å²) in [6.45, 7) is 2.49. The van der Waals surface area contributed by atoms with E-state index in [1.165, 1.54) is 0 Å². The Hall–Kier alpha value is -2.03. The second-order valence-corrected chi connectivity index (χ2v) is 4.86. The highest BCUT2D eigenvalue weighted by atomic mass is 16.5. The van der Waals surface area contributed by atoms with E-state index in [2.05, 4.69) is 6.07 Å². The lowest BCUT2D eigenvalue weighted by Crippen LogP contribution is -2.07. The van der Waals surface area contributed by atoms with Crippen molar-refractivity contribution >= 4 is 16.7 Å². The van der Waals surface area contributed by atoms with Crippen molar-refractivity contribution in [3.05, 3.63) is 41.0 Å². The minimum Gasteiger partial charge on any atom is -0.497 e. The van der Waals surface area contributed by atoms with Gasteiger partial charge in [0, 0.05) is 0 Å². The summed E-state index contributed by atoms with van der Waals surface area (Å²) in [7, 11) is 1.66. The van der Waals surface area contributed by atoms with Gasteiger partial charge in [0.05, 0.1) is 19.3 Å². The summed E-state index contributed by atoms with van der Waals surface area (Å²) in [6, 6.07) is 8.03. The van der Waals surface area contributed by atoms with Crippen molar-refractivity contribution < 1.29 is 14.3 Å². The van der Waals surface area contributed by atoms with Crippen LogP contribution in [0.3, 0.4) is 0 Å². The molecule has 0 N–H and O–H groups in total. The quantitative estimate of drug-likeness (QED) is 0.735. The van der Waals surface area contributed by atoms with Crippen molar-refractivity contribution in [2.75, 3.05) is 13.7 Å². The molecule has 0 atom stereocenters. The van der Waals surface area contributed by atoms with Crippen molar-refractivity contribution in [3.63, 3.8) is 0 Å². The van der Waals surface area contributed by atoms with Gasteiger partial charge in [0.1, 0.15) is 5.75 Å². The third-order valence-electron chi connectivity index (χ3n) is 3.72. The van der Waals surface area contributed by atoms with Crippen molar-refractivity contribution in [3.8, 4) is 5.75 Å². The van der Waals surface area contributed by atoms with Crippen molar-refractivity contribution in [1.29, 1.82) is 0 Å². The monoisotopic (exact) mass is 256 g/mol. The second-order valence-electron chi connectivity index (χ2n) is 4.86. The SMILES string of the molecule is COc1ccc2c(C)c3c(cc2c1)CCCOC3=O. The van der Waals surface area contributed by atoms with E-state index in [4.69, 9.17) is 9.47 Å². The summed E-state index contributed by atoms with van der Waals surface area (Å²) < 4.78 is 10.5. The Balaban J connectivity index is 2.30. The van der Waals surface area contributed by atoms with E-state index in [9.17, 15) is 4.79 Å². The van der Waals surface area contributed by atoms with Gasteiger partial charge in [-0.15, -0.1) is 0 Å². The van der Waals surface area contributed by atoms with Crippen LogP contribution in [0.5, 0.6) is 5.75 Å². The van der Waals surface area contributed by atoms with Gasteiger partial charge in [-0.2, -0.15) is 0 Å². The minimum atomic E-state index is -0.192. The first-order valence-corrected chi connectivity index (χ1v) is 6.48.